The maximum Gasteiger partial charge on any atom is 0.186 e. The Morgan fingerprint density at radius 2 is 1.55 bits per heavy atom. The zero-order valence-electron chi connectivity index (χ0n) is 12.8. The molecule has 3 heteroatoms. The van der Waals surface area contributed by atoms with Crippen molar-refractivity contribution in [2.24, 2.45) is 4.99 Å². The van der Waals surface area contributed by atoms with E-state index in [1.165, 1.54) is 0 Å². The molecule has 0 bridgehead atoms. The number of rotatable bonds is 2. The van der Waals surface area contributed by atoms with Crippen molar-refractivity contribution >= 4 is 11.5 Å². The fourth-order valence-corrected chi connectivity index (χ4v) is 2.82. The van der Waals surface area contributed by atoms with Crippen LogP contribution in [0.2, 0.25) is 0 Å². The van der Waals surface area contributed by atoms with Crippen LogP contribution in [0.15, 0.2) is 71.9 Å². The molecule has 2 aromatic carbocycles. The molecule has 0 radical (unpaired) electrons. The van der Waals surface area contributed by atoms with Crippen LogP contribution in [0.25, 0.3) is 0 Å². The van der Waals surface area contributed by atoms with E-state index in [2.05, 4.69) is 6.58 Å². The van der Waals surface area contributed by atoms with Gasteiger partial charge in [-0.15, -0.1) is 0 Å². The van der Waals surface area contributed by atoms with Gasteiger partial charge in [-0.05, 0) is 14.1 Å². The molecule has 0 saturated carbocycles. The average molecular weight is 290 g/mol. The fraction of sp³-hybridized carbons (Fsp3) is 0.158. The maximum atomic E-state index is 12.9. The van der Waals surface area contributed by atoms with Crippen molar-refractivity contribution in [3.05, 3.63) is 83.6 Å². The third-order valence-electron chi connectivity index (χ3n) is 3.83. The lowest BCUT2D eigenvalue weighted by molar-refractivity contribution is 0.0904. The van der Waals surface area contributed by atoms with Crippen molar-refractivity contribution in [2.45, 2.75) is 6.04 Å². The van der Waals surface area contributed by atoms with Crippen molar-refractivity contribution in [3.8, 4) is 0 Å². The predicted molar refractivity (Wildman–Crippen MR) is 89.5 cm³/mol. The van der Waals surface area contributed by atoms with Crippen molar-refractivity contribution in [1.82, 2.24) is 4.90 Å². The molecule has 0 aromatic heterocycles. The molecule has 1 heterocycles. The van der Waals surface area contributed by atoms with Crippen LogP contribution in [0.4, 0.5) is 0 Å². The number of carbonyl (C=O) groups excluding carboxylic acids is 1. The minimum Gasteiger partial charge on any atom is -0.295 e. The standard InChI is InChI=1S/C19H18N2O/c1-13-18(21(2)3)19(22)16-12-8-7-11-15(16)17(20-13)14-9-5-4-6-10-14/h4-12,18H,1H2,2-3H3. The monoisotopic (exact) mass is 290 g/mol. The van der Waals surface area contributed by atoms with E-state index in [0.717, 1.165) is 16.8 Å². The second-order valence-corrected chi connectivity index (χ2v) is 5.59. The quantitative estimate of drug-likeness (QED) is 0.851. The summed E-state index contributed by atoms with van der Waals surface area (Å²) in [6.45, 7) is 4.04. The van der Waals surface area contributed by atoms with E-state index in [9.17, 15) is 4.79 Å². The molecular formula is C19H18N2O. The zero-order valence-corrected chi connectivity index (χ0v) is 12.8. The molecule has 0 N–H and O–H groups in total. The first-order chi connectivity index (χ1) is 10.6. The van der Waals surface area contributed by atoms with Crippen LogP contribution in [0.1, 0.15) is 21.5 Å². The highest BCUT2D eigenvalue weighted by atomic mass is 16.1. The van der Waals surface area contributed by atoms with Crippen LogP contribution in [0.5, 0.6) is 0 Å². The van der Waals surface area contributed by atoms with Gasteiger partial charge in [0, 0.05) is 16.7 Å². The lowest BCUT2D eigenvalue weighted by Gasteiger charge is -2.21. The Labute approximate surface area is 130 Å². The highest BCUT2D eigenvalue weighted by molar-refractivity contribution is 6.21. The fourth-order valence-electron chi connectivity index (χ4n) is 2.82. The van der Waals surface area contributed by atoms with E-state index in [-0.39, 0.29) is 5.78 Å². The van der Waals surface area contributed by atoms with Crippen LogP contribution < -0.4 is 0 Å². The second kappa shape index (κ2) is 5.70. The van der Waals surface area contributed by atoms with Crippen molar-refractivity contribution in [1.29, 1.82) is 0 Å². The Kier molecular flexibility index (Phi) is 3.73. The first-order valence-corrected chi connectivity index (χ1v) is 7.22. The number of hydrogen-bond acceptors (Lipinski definition) is 3. The Balaban J connectivity index is 2.25. The second-order valence-electron chi connectivity index (χ2n) is 5.59. The van der Waals surface area contributed by atoms with E-state index in [4.69, 9.17) is 4.99 Å². The van der Waals surface area contributed by atoms with E-state index in [0.29, 0.717) is 11.3 Å². The first kappa shape index (κ1) is 14.4. The van der Waals surface area contributed by atoms with Crippen molar-refractivity contribution in [3.63, 3.8) is 0 Å². The number of fused-ring (bicyclic) bond motifs is 1. The molecule has 3 nitrogen and oxygen atoms in total. The molecule has 1 unspecified atom stereocenters. The van der Waals surface area contributed by atoms with Crippen LogP contribution in [-0.4, -0.2) is 36.5 Å². The van der Waals surface area contributed by atoms with Crippen molar-refractivity contribution < 1.29 is 4.79 Å². The third-order valence-corrected chi connectivity index (χ3v) is 3.83. The number of likely N-dealkylation sites (N-methyl/N-ethyl adjacent to an activating group) is 1. The summed E-state index contributed by atoms with van der Waals surface area (Å²) in [6.07, 6.45) is 0. The number of benzene rings is 2. The molecule has 0 fully saturated rings. The van der Waals surface area contributed by atoms with Gasteiger partial charge in [0.1, 0.15) is 6.04 Å². The molecule has 1 aliphatic rings. The van der Waals surface area contributed by atoms with Gasteiger partial charge in [-0.2, -0.15) is 0 Å². The van der Waals surface area contributed by atoms with Gasteiger partial charge in [0.25, 0.3) is 0 Å². The Hall–Kier alpha value is -2.52. The lowest BCUT2D eigenvalue weighted by Crippen LogP contribution is -2.36. The Morgan fingerprint density at radius 1 is 0.955 bits per heavy atom. The molecule has 0 spiro atoms. The summed E-state index contributed by atoms with van der Waals surface area (Å²) in [5, 5.41) is 0. The smallest absolute Gasteiger partial charge is 0.186 e. The van der Waals surface area contributed by atoms with E-state index in [1.807, 2.05) is 73.6 Å². The summed E-state index contributed by atoms with van der Waals surface area (Å²) < 4.78 is 0. The highest BCUT2D eigenvalue weighted by Gasteiger charge is 2.31. The van der Waals surface area contributed by atoms with Crippen molar-refractivity contribution in [2.75, 3.05) is 14.1 Å². The van der Waals surface area contributed by atoms with Gasteiger partial charge in [-0.1, -0.05) is 61.2 Å². The van der Waals surface area contributed by atoms with Crippen LogP contribution in [0, 0.1) is 0 Å². The highest BCUT2D eigenvalue weighted by Crippen LogP contribution is 2.26. The summed E-state index contributed by atoms with van der Waals surface area (Å²) in [7, 11) is 3.75. The van der Waals surface area contributed by atoms with Crippen LogP contribution >= 0.6 is 0 Å². The third kappa shape index (κ3) is 2.40. The number of nitrogens with zero attached hydrogens (tertiary/aromatic N) is 2. The van der Waals surface area contributed by atoms with Gasteiger partial charge in [0.15, 0.2) is 5.78 Å². The van der Waals surface area contributed by atoms with Gasteiger partial charge in [-0.3, -0.25) is 14.7 Å². The van der Waals surface area contributed by atoms with E-state index >= 15 is 0 Å². The first-order valence-electron chi connectivity index (χ1n) is 7.22. The number of ketones is 1. The maximum absolute atomic E-state index is 12.9. The predicted octanol–water partition coefficient (Wildman–Crippen LogP) is 3.16. The van der Waals surface area contributed by atoms with Crippen LogP contribution in [0.3, 0.4) is 0 Å². The summed E-state index contributed by atoms with van der Waals surface area (Å²) >= 11 is 0. The van der Waals surface area contributed by atoms with E-state index < -0.39 is 6.04 Å². The Bertz CT molecular complexity index is 760. The summed E-state index contributed by atoms with van der Waals surface area (Å²) in [5.41, 5.74) is 3.93. The molecule has 110 valence electrons. The largest absolute Gasteiger partial charge is 0.295 e. The van der Waals surface area contributed by atoms with Gasteiger partial charge in [-0.25, -0.2) is 0 Å². The molecule has 0 saturated heterocycles. The van der Waals surface area contributed by atoms with Crippen LogP contribution in [-0.2, 0) is 0 Å². The molecular weight excluding hydrogens is 272 g/mol. The molecule has 22 heavy (non-hydrogen) atoms. The summed E-state index contributed by atoms with van der Waals surface area (Å²) in [4.78, 5) is 19.5. The molecule has 1 atom stereocenters. The minimum atomic E-state index is -0.428. The number of hydrogen-bond donors (Lipinski definition) is 0. The zero-order chi connectivity index (χ0) is 15.7. The SMILES string of the molecule is C=C1N=C(c2ccccc2)c2ccccc2C(=O)C1N(C)C. The lowest BCUT2D eigenvalue weighted by atomic mass is 9.94. The molecule has 0 aliphatic carbocycles. The number of Topliss-reactive ketones (excluding diaryl/α,β-unsaturated/α-hetero) is 1. The van der Waals surface area contributed by atoms with Gasteiger partial charge >= 0.3 is 0 Å². The normalized spacial score (nSPS) is 18.0. The summed E-state index contributed by atoms with van der Waals surface area (Å²) in [5.74, 6) is 0.0419. The van der Waals surface area contributed by atoms with Gasteiger partial charge < -0.3 is 0 Å². The van der Waals surface area contributed by atoms with Gasteiger partial charge in [0.05, 0.1) is 11.4 Å². The minimum absolute atomic E-state index is 0.0419. The number of aliphatic imine (C=N–C) groups is 1. The Morgan fingerprint density at radius 3 is 2.18 bits per heavy atom. The molecule has 1 aliphatic heterocycles. The van der Waals surface area contributed by atoms with Gasteiger partial charge in [0.2, 0.25) is 0 Å². The molecule has 2 aromatic rings. The summed E-state index contributed by atoms with van der Waals surface area (Å²) in [6, 6.07) is 17.1. The average Bonchev–Trinajstić information content (AvgIpc) is 2.63. The van der Waals surface area contributed by atoms with E-state index in [1.54, 1.807) is 0 Å². The molecule has 0 amide bonds. The molecule has 3 rings (SSSR count). The number of carbonyl (C=O) groups is 1. The topological polar surface area (TPSA) is 32.7 Å².